The van der Waals surface area contributed by atoms with Crippen LogP contribution in [-0.2, 0) is 4.79 Å². The van der Waals surface area contributed by atoms with Gasteiger partial charge in [-0.25, -0.2) is 5.43 Å². The summed E-state index contributed by atoms with van der Waals surface area (Å²) < 4.78 is 5.25. The molecule has 3 aromatic rings. The fourth-order valence-corrected chi connectivity index (χ4v) is 3.30. The van der Waals surface area contributed by atoms with Gasteiger partial charge in [0.25, 0.3) is 11.8 Å². The van der Waals surface area contributed by atoms with Gasteiger partial charge in [-0.05, 0) is 48.9 Å². The number of hydrogen-bond donors (Lipinski definition) is 3. The van der Waals surface area contributed by atoms with Crippen LogP contribution in [0.2, 0.25) is 0 Å². The molecule has 2 amide bonds. The van der Waals surface area contributed by atoms with Crippen LogP contribution in [0.3, 0.4) is 0 Å². The van der Waals surface area contributed by atoms with E-state index in [1.165, 1.54) is 12.1 Å². The van der Waals surface area contributed by atoms with Crippen LogP contribution in [0.25, 0.3) is 6.08 Å². The molecule has 3 aromatic carbocycles. The summed E-state index contributed by atoms with van der Waals surface area (Å²) in [4.78, 5) is 38.2. The van der Waals surface area contributed by atoms with Gasteiger partial charge in [0.1, 0.15) is 5.70 Å². The van der Waals surface area contributed by atoms with Crippen molar-refractivity contribution in [1.82, 2.24) is 10.7 Å². The average molecular weight is 518 g/mol. The number of anilines is 1. The topological polar surface area (TPSA) is 146 Å². The number of aromatic hydroxyl groups is 1. The van der Waals surface area contributed by atoms with Gasteiger partial charge in [-0.15, -0.1) is 0 Å². The molecule has 3 rings (SSSR count). The number of benzene rings is 3. The van der Waals surface area contributed by atoms with Gasteiger partial charge in [-0.2, -0.15) is 5.10 Å². The van der Waals surface area contributed by atoms with Crippen LogP contribution in [0.1, 0.15) is 28.4 Å². The molecular weight excluding hydrogens is 490 g/mol. The highest BCUT2D eigenvalue weighted by Gasteiger charge is 2.20. The highest BCUT2D eigenvalue weighted by Crippen LogP contribution is 2.36. The van der Waals surface area contributed by atoms with Crippen molar-refractivity contribution >= 4 is 35.5 Å². The second-order valence-corrected chi connectivity index (χ2v) is 8.14. The Balaban J connectivity index is 1.86. The molecule has 0 aliphatic rings. The van der Waals surface area contributed by atoms with Gasteiger partial charge in [-0.1, -0.05) is 30.3 Å². The number of nitrogens with one attached hydrogen (secondary N) is 2. The Labute approximate surface area is 219 Å². The minimum absolute atomic E-state index is 0.0692. The lowest BCUT2D eigenvalue weighted by atomic mass is 10.1. The fourth-order valence-electron chi connectivity index (χ4n) is 3.30. The molecule has 0 saturated heterocycles. The van der Waals surface area contributed by atoms with Crippen molar-refractivity contribution in [2.24, 2.45) is 5.10 Å². The number of carbonyl (C=O) groups excluding carboxylic acids is 2. The molecule has 0 aliphatic heterocycles. The summed E-state index contributed by atoms with van der Waals surface area (Å²) >= 11 is 0. The predicted octanol–water partition coefficient (Wildman–Crippen LogP) is 3.69. The Morgan fingerprint density at radius 2 is 1.76 bits per heavy atom. The number of ether oxygens (including phenoxy) is 1. The van der Waals surface area contributed by atoms with Crippen molar-refractivity contribution in [1.29, 1.82) is 0 Å². The summed E-state index contributed by atoms with van der Waals surface area (Å²) in [6.45, 7) is 1.84. The molecule has 0 aromatic heterocycles. The van der Waals surface area contributed by atoms with E-state index in [0.717, 1.165) is 18.0 Å². The molecule has 0 bridgehead atoms. The van der Waals surface area contributed by atoms with E-state index in [4.69, 9.17) is 4.74 Å². The summed E-state index contributed by atoms with van der Waals surface area (Å²) in [5, 5.41) is 27.8. The van der Waals surface area contributed by atoms with E-state index >= 15 is 0 Å². The number of phenols is 1. The maximum Gasteiger partial charge on any atom is 0.315 e. The number of hydrazone groups is 1. The number of amides is 2. The first-order chi connectivity index (χ1) is 18.2. The van der Waals surface area contributed by atoms with E-state index in [0.29, 0.717) is 11.1 Å². The minimum Gasteiger partial charge on any atom is -0.500 e. The monoisotopic (exact) mass is 517 g/mol. The highest BCUT2D eigenvalue weighted by molar-refractivity contribution is 6.05. The molecule has 38 heavy (non-hydrogen) atoms. The summed E-state index contributed by atoms with van der Waals surface area (Å²) in [6.07, 6.45) is 2.67. The molecule has 0 unspecified atom stereocenters. The van der Waals surface area contributed by atoms with Crippen molar-refractivity contribution in [3.63, 3.8) is 0 Å². The van der Waals surface area contributed by atoms with Crippen LogP contribution in [0.15, 0.2) is 77.5 Å². The Bertz CT molecular complexity index is 1370. The van der Waals surface area contributed by atoms with E-state index < -0.39 is 28.2 Å². The molecule has 11 nitrogen and oxygen atoms in total. The van der Waals surface area contributed by atoms with Crippen molar-refractivity contribution in [2.45, 2.75) is 6.92 Å². The Hall–Kier alpha value is -5.19. The van der Waals surface area contributed by atoms with E-state index in [-0.39, 0.29) is 23.6 Å². The number of carbonyl (C=O) groups is 2. The zero-order valence-electron chi connectivity index (χ0n) is 21.0. The quantitative estimate of drug-likeness (QED) is 0.161. The third kappa shape index (κ3) is 7.17. The Kier molecular flexibility index (Phi) is 9.14. The number of phenolic OH excluding ortho intramolecular Hbond substituents is 1. The second-order valence-electron chi connectivity index (χ2n) is 8.14. The van der Waals surface area contributed by atoms with Gasteiger partial charge in [0, 0.05) is 37.0 Å². The zero-order valence-corrected chi connectivity index (χ0v) is 21.0. The van der Waals surface area contributed by atoms with Gasteiger partial charge in [-0.3, -0.25) is 19.7 Å². The van der Waals surface area contributed by atoms with E-state index in [2.05, 4.69) is 15.8 Å². The molecule has 0 aliphatic carbocycles. The molecule has 0 fully saturated rings. The maximum absolute atomic E-state index is 13.0. The molecule has 0 spiro atoms. The van der Waals surface area contributed by atoms with Crippen molar-refractivity contribution in [3.8, 4) is 11.5 Å². The number of nitrogens with zero attached hydrogens (tertiary/aromatic N) is 3. The first-order valence-corrected chi connectivity index (χ1v) is 11.5. The van der Waals surface area contributed by atoms with Gasteiger partial charge in [0.2, 0.25) is 5.75 Å². The summed E-state index contributed by atoms with van der Waals surface area (Å²) in [5.41, 5.74) is 3.86. The minimum atomic E-state index is -0.755. The standard InChI is InChI=1S/C27H27N5O6/c1-4-38-24-16-19(15-23(25(24)33)32(36)37)17-28-30-27(35)22(29-26(34)20-8-6-5-7-9-20)14-18-10-12-21(13-11-18)31(2)3/h5-17,33H,4H2,1-3H3,(H,29,34)(H,30,35)/b22-14-,28-17-. The van der Waals surface area contributed by atoms with E-state index in [9.17, 15) is 24.8 Å². The third-order valence-electron chi connectivity index (χ3n) is 5.20. The summed E-state index contributed by atoms with van der Waals surface area (Å²) in [5.74, 6) is -1.91. The van der Waals surface area contributed by atoms with Crippen LogP contribution in [0, 0.1) is 10.1 Å². The second kappa shape index (κ2) is 12.7. The van der Waals surface area contributed by atoms with Crippen LogP contribution in [0.4, 0.5) is 11.4 Å². The number of nitro benzene ring substituents is 1. The number of nitro groups is 1. The summed E-state index contributed by atoms with van der Waals surface area (Å²) in [7, 11) is 3.81. The molecule has 196 valence electrons. The lowest BCUT2D eigenvalue weighted by molar-refractivity contribution is -0.386. The fraction of sp³-hybridized carbons (Fsp3) is 0.148. The number of hydrogen-bond acceptors (Lipinski definition) is 8. The van der Waals surface area contributed by atoms with Crippen LogP contribution >= 0.6 is 0 Å². The highest BCUT2D eigenvalue weighted by atomic mass is 16.6. The molecule has 11 heteroatoms. The summed E-state index contributed by atoms with van der Waals surface area (Å²) in [6, 6.07) is 18.2. The lowest BCUT2D eigenvalue weighted by Gasteiger charge is -2.12. The van der Waals surface area contributed by atoms with Gasteiger partial charge in [0.05, 0.1) is 17.7 Å². The van der Waals surface area contributed by atoms with Crippen LogP contribution in [-0.4, -0.2) is 48.8 Å². The molecular formula is C27H27N5O6. The first-order valence-electron chi connectivity index (χ1n) is 11.5. The SMILES string of the molecule is CCOc1cc(/C=N\NC(=O)/C(=C/c2ccc(N(C)C)cc2)NC(=O)c2ccccc2)cc([N+](=O)[O-])c1O. The normalized spacial score (nSPS) is 11.2. The largest absolute Gasteiger partial charge is 0.500 e. The third-order valence-corrected chi connectivity index (χ3v) is 5.20. The molecule has 0 radical (unpaired) electrons. The average Bonchev–Trinajstić information content (AvgIpc) is 2.90. The smallest absolute Gasteiger partial charge is 0.315 e. The number of rotatable bonds is 10. The van der Waals surface area contributed by atoms with Crippen molar-refractivity contribution in [3.05, 3.63) is 99.2 Å². The molecule has 3 N–H and O–H groups in total. The van der Waals surface area contributed by atoms with Crippen molar-refractivity contribution < 1.29 is 24.4 Å². The van der Waals surface area contributed by atoms with Crippen molar-refractivity contribution in [2.75, 3.05) is 25.6 Å². The molecule has 0 saturated carbocycles. The van der Waals surface area contributed by atoms with Gasteiger partial charge < -0.3 is 20.1 Å². The lowest BCUT2D eigenvalue weighted by Crippen LogP contribution is -2.32. The molecule has 0 atom stereocenters. The van der Waals surface area contributed by atoms with E-state index in [1.54, 1.807) is 49.4 Å². The molecule has 0 heterocycles. The maximum atomic E-state index is 13.0. The first kappa shape index (κ1) is 27.4. The van der Waals surface area contributed by atoms with Crippen LogP contribution in [0.5, 0.6) is 11.5 Å². The zero-order chi connectivity index (χ0) is 27.7. The van der Waals surface area contributed by atoms with Crippen LogP contribution < -0.4 is 20.4 Å². The Morgan fingerprint density at radius 1 is 1.08 bits per heavy atom. The van der Waals surface area contributed by atoms with E-state index in [1.807, 2.05) is 31.1 Å². The van der Waals surface area contributed by atoms with Gasteiger partial charge >= 0.3 is 5.69 Å². The van der Waals surface area contributed by atoms with Gasteiger partial charge in [0.15, 0.2) is 5.75 Å². The Morgan fingerprint density at radius 3 is 2.37 bits per heavy atom. The predicted molar refractivity (Wildman–Crippen MR) is 144 cm³/mol.